The molecule has 190 valence electrons. The summed E-state index contributed by atoms with van der Waals surface area (Å²) in [6.07, 6.45) is 2.60. The lowest BCUT2D eigenvalue weighted by Gasteiger charge is -2.36. The third-order valence-corrected chi connectivity index (χ3v) is 6.40. The summed E-state index contributed by atoms with van der Waals surface area (Å²) < 4.78 is 21.2. The Morgan fingerprint density at radius 2 is 2.00 bits per heavy atom. The fourth-order valence-electron chi connectivity index (χ4n) is 3.67. The highest BCUT2D eigenvalue weighted by Crippen LogP contribution is 2.26. The number of aromatic nitrogens is 3. The van der Waals surface area contributed by atoms with Gasteiger partial charge in [-0.15, -0.1) is 0 Å². The number of aromatic amines is 1. The molecule has 2 amide bonds. The van der Waals surface area contributed by atoms with Crippen molar-refractivity contribution < 1.29 is 28.4 Å². The second kappa shape index (κ2) is 10.7. The Balaban J connectivity index is 1.33. The minimum atomic E-state index is -1.12. The summed E-state index contributed by atoms with van der Waals surface area (Å²) >= 11 is 1.12. The van der Waals surface area contributed by atoms with Crippen LogP contribution in [0.3, 0.4) is 0 Å². The molecule has 36 heavy (non-hydrogen) atoms. The van der Waals surface area contributed by atoms with E-state index in [9.17, 15) is 23.6 Å². The number of piperazine rings is 1. The average molecular weight is 519 g/mol. The number of hydrogen-bond acceptors (Lipinski definition) is 8. The summed E-state index contributed by atoms with van der Waals surface area (Å²) in [6, 6.07) is 4.46. The quantitative estimate of drug-likeness (QED) is 0.373. The molecule has 0 unspecified atom stereocenters. The Bertz CT molecular complexity index is 1340. The summed E-state index contributed by atoms with van der Waals surface area (Å²) in [7, 11) is 0. The number of aromatic carboxylic acids is 1. The topological polar surface area (TPSA) is 154 Å². The number of amides is 2. The van der Waals surface area contributed by atoms with E-state index in [4.69, 9.17) is 9.63 Å². The predicted octanol–water partition coefficient (Wildman–Crippen LogP) is 1.20. The molecular formula is C22H23FN6O6S. The number of halogens is 1. The molecule has 3 N–H and O–H groups in total. The van der Waals surface area contributed by atoms with Crippen LogP contribution in [0.15, 0.2) is 45.1 Å². The molecule has 0 saturated carbocycles. The van der Waals surface area contributed by atoms with Crippen LogP contribution < -0.4 is 15.8 Å². The standard InChI is InChI=1S/C22H23FN6O6S/c1-13(30)25-12-29-10-15(21(34)35-29)14-2-3-18(16(23)8-14)27-4-6-28(7-5-27)19(31)11-36-22-24-9-17(26-22)20(32)33/h2-3,8-10H,4-7,11-12H2,1H3,(H,24,26)(H,25,30)(H,32,33). The van der Waals surface area contributed by atoms with E-state index in [0.29, 0.717) is 42.6 Å². The van der Waals surface area contributed by atoms with Crippen molar-refractivity contribution in [2.45, 2.75) is 18.7 Å². The van der Waals surface area contributed by atoms with Crippen molar-refractivity contribution in [2.24, 2.45) is 0 Å². The molecule has 0 spiro atoms. The number of nitrogens with zero attached hydrogens (tertiary/aromatic N) is 4. The molecule has 1 fully saturated rings. The number of carbonyl (C=O) groups excluding carboxylic acids is 2. The Labute approximate surface area is 208 Å². The molecule has 1 aromatic carbocycles. The van der Waals surface area contributed by atoms with Crippen molar-refractivity contribution in [2.75, 3.05) is 36.8 Å². The summed E-state index contributed by atoms with van der Waals surface area (Å²) in [6.45, 7) is 2.96. The van der Waals surface area contributed by atoms with Crippen molar-refractivity contribution in [1.29, 1.82) is 0 Å². The SMILES string of the molecule is CC(=O)NCn1cc(-c2ccc(N3CCN(C(=O)CSc4ncc(C(=O)O)[nH]4)CC3)c(F)c2)c(=O)o1. The second-order valence-corrected chi connectivity index (χ2v) is 8.92. The van der Waals surface area contributed by atoms with Crippen LogP contribution >= 0.6 is 11.8 Å². The van der Waals surface area contributed by atoms with Crippen LogP contribution in [0.4, 0.5) is 10.1 Å². The van der Waals surface area contributed by atoms with E-state index in [1.807, 2.05) is 4.90 Å². The van der Waals surface area contributed by atoms with Gasteiger partial charge in [0.2, 0.25) is 11.8 Å². The van der Waals surface area contributed by atoms with Crippen molar-refractivity contribution in [3.8, 4) is 11.1 Å². The van der Waals surface area contributed by atoms with Crippen LogP contribution in [0.2, 0.25) is 0 Å². The average Bonchev–Trinajstić information content (AvgIpc) is 3.48. The fraction of sp³-hybridized carbons (Fsp3) is 0.318. The third kappa shape index (κ3) is 5.76. The maximum atomic E-state index is 15.0. The van der Waals surface area contributed by atoms with E-state index in [-0.39, 0.29) is 35.5 Å². The highest BCUT2D eigenvalue weighted by Gasteiger charge is 2.24. The van der Waals surface area contributed by atoms with E-state index in [1.54, 1.807) is 17.0 Å². The number of H-pyrrole nitrogens is 1. The van der Waals surface area contributed by atoms with E-state index in [1.165, 1.54) is 25.4 Å². The number of carbonyl (C=O) groups is 3. The molecule has 3 aromatic rings. The monoisotopic (exact) mass is 518 g/mol. The number of rotatable bonds is 8. The first-order valence-corrected chi connectivity index (χ1v) is 11.9. The molecule has 0 radical (unpaired) electrons. The van der Waals surface area contributed by atoms with Gasteiger partial charge >= 0.3 is 11.6 Å². The molecule has 0 aliphatic carbocycles. The van der Waals surface area contributed by atoms with E-state index < -0.39 is 17.4 Å². The van der Waals surface area contributed by atoms with Gasteiger partial charge in [-0.2, -0.15) is 4.74 Å². The summed E-state index contributed by atoms with van der Waals surface area (Å²) in [4.78, 5) is 56.7. The molecule has 1 saturated heterocycles. The zero-order valence-electron chi connectivity index (χ0n) is 19.2. The van der Waals surface area contributed by atoms with Gasteiger partial charge in [-0.1, -0.05) is 17.8 Å². The van der Waals surface area contributed by atoms with Gasteiger partial charge in [-0.05, 0) is 17.7 Å². The maximum Gasteiger partial charge on any atom is 0.365 e. The molecule has 0 bridgehead atoms. The minimum absolute atomic E-state index is 0.0163. The molecular weight excluding hydrogens is 495 g/mol. The first kappa shape index (κ1) is 25.0. The van der Waals surface area contributed by atoms with E-state index in [2.05, 4.69) is 15.3 Å². The summed E-state index contributed by atoms with van der Waals surface area (Å²) in [5.41, 5.74) is 0.187. The Morgan fingerprint density at radius 1 is 1.25 bits per heavy atom. The fourth-order valence-corrected chi connectivity index (χ4v) is 4.42. The molecule has 1 aliphatic rings. The normalized spacial score (nSPS) is 13.6. The Kier molecular flexibility index (Phi) is 7.43. The molecule has 3 heterocycles. The Morgan fingerprint density at radius 3 is 2.64 bits per heavy atom. The van der Waals surface area contributed by atoms with Gasteiger partial charge in [0.15, 0.2) is 5.16 Å². The number of carboxylic acids is 1. The van der Waals surface area contributed by atoms with Crippen LogP contribution in [-0.4, -0.2) is 74.4 Å². The molecule has 12 nitrogen and oxygen atoms in total. The van der Waals surface area contributed by atoms with Gasteiger partial charge < -0.3 is 29.7 Å². The van der Waals surface area contributed by atoms with Crippen LogP contribution in [0.1, 0.15) is 17.4 Å². The van der Waals surface area contributed by atoms with Crippen molar-refractivity contribution >= 4 is 35.2 Å². The largest absolute Gasteiger partial charge is 0.477 e. The predicted molar refractivity (Wildman–Crippen MR) is 127 cm³/mol. The van der Waals surface area contributed by atoms with Gasteiger partial charge in [0, 0.05) is 33.1 Å². The number of hydrogen-bond donors (Lipinski definition) is 3. The molecule has 0 atom stereocenters. The number of carboxylic acid groups (broad SMARTS) is 1. The van der Waals surface area contributed by atoms with Gasteiger partial charge in [0.25, 0.3) is 0 Å². The van der Waals surface area contributed by atoms with Crippen LogP contribution in [0.5, 0.6) is 0 Å². The maximum absolute atomic E-state index is 15.0. The van der Waals surface area contributed by atoms with Crippen molar-refractivity contribution in [3.63, 3.8) is 0 Å². The molecule has 14 heteroatoms. The highest BCUT2D eigenvalue weighted by atomic mass is 32.2. The zero-order valence-corrected chi connectivity index (χ0v) is 20.0. The van der Waals surface area contributed by atoms with Crippen molar-refractivity contribution in [3.05, 3.63) is 52.5 Å². The lowest BCUT2D eigenvalue weighted by Crippen LogP contribution is -2.49. The number of nitrogens with one attached hydrogen (secondary N) is 2. The van der Waals surface area contributed by atoms with Gasteiger partial charge in [0.1, 0.15) is 18.2 Å². The van der Waals surface area contributed by atoms with Gasteiger partial charge in [-0.25, -0.2) is 19.0 Å². The first-order chi connectivity index (χ1) is 17.2. The van der Waals surface area contributed by atoms with E-state index in [0.717, 1.165) is 16.5 Å². The third-order valence-electron chi connectivity index (χ3n) is 5.52. The molecule has 2 aromatic heterocycles. The summed E-state index contributed by atoms with van der Waals surface area (Å²) in [5, 5.41) is 11.8. The summed E-state index contributed by atoms with van der Waals surface area (Å²) in [5.74, 6) is -1.94. The smallest absolute Gasteiger partial charge is 0.365 e. The number of imidazole rings is 1. The molecule has 4 rings (SSSR count). The van der Waals surface area contributed by atoms with Crippen LogP contribution in [0.25, 0.3) is 11.1 Å². The number of anilines is 1. The minimum Gasteiger partial charge on any atom is -0.477 e. The number of thioether (sulfide) groups is 1. The van der Waals surface area contributed by atoms with Crippen LogP contribution in [0, 0.1) is 5.82 Å². The van der Waals surface area contributed by atoms with Gasteiger partial charge in [-0.3, -0.25) is 9.59 Å². The lowest BCUT2D eigenvalue weighted by molar-refractivity contribution is -0.128. The zero-order chi connectivity index (χ0) is 25.8. The lowest BCUT2D eigenvalue weighted by atomic mass is 10.1. The van der Waals surface area contributed by atoms with Crippen molar-refractivity contribution in [1.82, 2.24) is 24.9 Å². The highest BCUT2D eigenvalue weighted by molar-refractivity contribution is 7.99. The van der Waals surface area contributed by atoms with Gasteiger partial charge in [0.05, 0.1) is 29.4 Å². The van der Waals surface area contributed by atoms with E-state index >= 15 is 0 Å². The number of benzene rings is 1. The van der Waals surface area contributed by atoms with Crippen LogP contribution in [-0.2, 0) is 16.3 Å². The first-order valence-electron chi connectivity index (χ1n) is 10.9. The molecule has 1 aliphatic heterocycles. The Hall–Kier alpha value is -4.07. The second-order valence-electron chi connectivity index (χ2n) is 7.96.